The number of carbonyl (C=O) groups is 4. The molecule has 1 N–H and O–H groups in total. The second-order valence-electron chi connectivity index (χ2n) is 8.37. The number of carbonyl (C=O) groups excluding carboxylic acids is 4. The Morgan fingerprint density at radius 1 is 1.21 bits per heavy atom. The number of piperidine rings is 1. The molecule has 3 amide bonds. The first-order valence-electron chi connectivity index (χ1n) is 10.5. The molecule has 1 saturated heterocycles. The zero-order valence-electron chi connectivity index (χ0n) is 17.8. The third kappa shape index (κ3) is 4.85. The lowest BCUT2D eigenvalue weighted by atomic mass is 10.00. The molecule has 6 nitrogen and oxygen atoms in total. The Morgan fingerprint density at radius 3 is 2.67 bits per heavy atom. The van der Waals surface area contributed by atoms with E-state index in [4.69, 9.17) is 0 Å². The standard InChI is InChI=1S/C23H21F3N2O4S/c1-12-6-13(8-14(7-12)23(24,25)26)9-15(29)2-4-19-16-10-28(22(32)17(16)11-33-19)18-3-5-20(30)27-21(18)31/h6-8,11,18H,2-5,9-10H2,1H3,(H,27,30,31). The summed E-state index contributed by atoms with van der Waals surface area (Å²) >= 11 is 1.36. The van der Waals surface area contributed by atoms with Crippen molar-refractivity contribution in [2.24, 2.45) is 0 Å². The monoisotopic (exact) mass is 478 g/mol. The average Bonchev–Trinajstić information content (AvgIpc) is 3.25. The highest BCUT2D eigenvalue weighted by atomic mass is 32.1. The summed E-state index contributed by atoms with van der Waals surface area (Å²) in [7, 11) is 0. The van der Waals surface area contributed by atoms with Gasteiger partial charge in [0.1, 0.15) is 11.8 Å². The van der Waals surface area contributed by atoms with Crippen molar-refractivity contribution in [2.75, 3.05) is 0 Å². The number of nitrogens with zero attached hydrogens (tertiary/aromatic N) is 1. The molecule has 10 heteroatoms. The van der Waals surface area contributed by atoms with Gasteiger partial charge in [-0.2, -0.15) is 13.2 Å². The van der Waals surface area contributed by atoms with Crippen LogP contribution in [-0.4, -0.2) is 34.4 Å². The third-order valence-electron chi connectivity index (χ3n) is 5.88. The van der Waals surface area contributed by atoms with Gasteiger partial charge in [-0.05, 0) is 43.0 Å². The van der Waals surface area contributed by atoms with Crippen LogP contribution in [0.5, 0.6) is 0 Å². The largest absolute Gasteiger partial charge is 0.416 e. The molecule has 1 unspecified atom stereocenters. The molecule has 1 atom stereocenters. The van der Waals surface area contributed by atoms with Crippen molar-refractivity contribution in [3.63, 3.8) is 0 Å². The second-order valence-corrected chi connectivity index (χ2v) is 9.34. The van der Waals surface area contributed by atoms with Crippen LogP contribution in [0.25, 0.3) is 0 Å². The van der Waals surface area contributed by atoms with Crippen LogP contribution in [0.4, 0.5) is 13.2 Å². The molecule has 0 radical (unpaired) electrons. The van der Waals surface area contributed by atoms with E-state index in [1.54, 1.807) is 18.4 Å². The van der Waals surface area contributed by atoms with E-state index in [0.717, 1.165) is 22.6 Å². The maximum absolute atomic E-state index is 13.0. The zero-order valence-corrected chi connectivity index (χ0v) is 18.6. The molecule has 3 heterocycles. The van der Waals surface area contributed by atoms with E-state index < -0.39 is 23.7 Å². The van der Waals surface area contributed by atoms with Crippen LogP contribution in [0.1, 0.15) is 56.8 Å². The molecular formula is C23H21F3N2O4S. The Morgan fingerprint density at radius 2 is 1.97 bits per heavy atom. The van der Waals surface area contributed by atoms with Gasteiger partial charge in [0, 0.05) is 36.1 Å². The fourth-order valence-electron chi connectivity index (χ4n) is 4.31. The van der Waals surface area contributed by atoms with Crippen LogP contribution in [-0.2, 0) is 39.9 Å². The minimum absolute atomic E-state index is 0.0976. The highest BCUT2D eigenvalue weighted by molar-refractivity contribution is 7.10. The Bertz CT molecular complexity index is 1160. The summed E-state index contributed by atoms with van der Waals surface area (Å²) in [4.78, 5) is 51.1. The number of thiophene rings is 1. The predicted molar refractivity (Wildman–Crippen MR) is 114 cm³/mol. The van der Waals surface area contributed by atoms with Crippen LogP contribution in [0, 0.1) is 6.92 Å². The van der Waals surface area contributed by atoms with Crippen molar-refractivity contribution in [2.45, 2.75) is 57.8 Å². The number of hydrogen-bond donors (Lipinski definition) is 1. The lowest BCUT2D eigenvalue weighted by molar-refractivity contribution is -0.138. The number of rotatable bonds is 6. The summed E-state index contributed by atoms with van der Waals surface area (Å²) < 4.78 is 39.1. The Kier molecular flexibility index (Phi) is 6.13. The molecule has 0 saturated carbocycles. The van der Waals surface area contributed by atoms with E-state index in [1.807, 2.05) is 0 Å². The van der Waals surface area contributed by atoms with Crippen LogP contribution in [0.15, 0.2) is 23.6 Å². The van der Waals surface area contributed by atoms with Crippen molar-refractivity contribution in [3.05, 3.63) is 56.3 Å². The molecule has 1 fully saturated rings. The fraction of sp³-hybridized carbons (Fsp3) is 0.391. The van der Waals surface area contributed by atoms with Gasteiger partial charge < -0.3 is 4.90 Å². The highest BCUT2D eigenvalue weighted by Gasteiger charge is 2.40. The topological polar surface area (TPSA) is 83.6 Å². The molecule has 2 aliphatic rings. The summed E-state index contributed by atoms with van der Waals surface area (Å²) in [5, 5.41) is 3.96. The van der Waals surface area contributed by atoms with Crippen molar-refractivity contribution in [1.29, 1.82) is 0 Å². The third-order valence-corrected chi connectivity index (χ3v) is 6.97. The number of ketones is 1. The number of benzene rings is 1. The van der Waals surface area contributed by atoms with Gasteiger partial charge >= 0.3 is 6.18 Å². The number of alkyl halides is 3. The molecule has 2 aliphatic heterocycles. The SMILES string of the molecule is Cc1cc(CC(=O)CCc2scc3c2CN(C2CCC(=O)NC2=O)C3=O)cc(C(F)(F)F)c1. The van der Waals surface area contributed by atoms with Gasteiger partial charge in [0.2, 0.25) is 11.8 Å². The van der Waals surface area contributed by atoms with Crippen molar-refractivity contribution in [3.8, 4) is 0 Å². The molecule has 174 valence electrons. The molecule has 2 aromatic rings. The van der Waals surface area contributed by atoms with Gasteiger partial charge in [0.15, 0.2) is 0 Å². The summed E-state index contributed by atoms with van der Waals surface area (Å²) in [5.74, 6) is -1.30. The summed E-state index contributed by atoms with van der Waals surface area (Å²) in [6.45, 7) is 1.80. The number of amides is 3. The van der Waals surface area contributed by atoms with E-state index in [-0.39, 0.29) is 49.8 Å². The van der Waals surface area contributed by atoms with Crippen molar-refractivity contribution in [1.82, 2.24) is 10.2 Å². The van der Waals surface area contributed by atoms with Crippen LogP contribution in [0.3, 0.4) is 0 Å². The second kappa shape index (κ2) is 8.74. The maximum Gasteiger partial charge on any atom is 0.416 e. The normalized spacial score (nSPS) is 18.5. The van der Waals surface area contributed by atoms with Gasteiger partial charge in [-0.15, -0.1) is 11.3 Å². The Hall–Kier alpha value is -3.01. The summed E-state index contributed by atoms with van der Waals surface area (Å²) in [6.07, 6.45) is -3.62. The molecule has 0 spiro atoms. The fourth-order valence-corrected chi connectivity index (χ4v) is 5.35. The van der Waals surface area contributed by atoms with E-state index in [9.17, 15) is 32.3 Å². The van der Waals surface area contributed by atoms with Gasteiger partial charge in [-0.1, -0.05) is 11.6 Å². The smallest absolute Gasteiger partial charge is 0.322 e. The lowest BCUT2D eigenvalue weighted by Crippen LogP contribution is -2.52. The molecule has 0 aliphatic carbocycles. The average molecular weight is 478 g/mol. The van der Waals surface area contributed by atoms with E-state index >= 15 is 0 Å². The van der Waals surface area contributed by atoms with Gasteiger partial charge in [0.05, 0.1) is 11.1 Å². The Labute approximate surface area is 191 Å². The molecule has 1 aromatic heterocycles. The first kappa shape index (κ1) is 23.2. The van der Waals surface area contributed by atoms with Crippen LogP contribution < -0.4 is 5.32 Å². The molecular weight excluding hydrogens is 457 g/mol. The van der Waals surface area contributed by atoms with Crippen LogP contribution in [0.2, 0.25) is 0 Å². The van der Waals surface area contributed by atoms with Gasteiger partial charge in [-0.25, -0.2) is 0 Å². The number of Topliss-reactive ketones (excluding diaryl/α,β-unsaturated/α-hetero) is 1. The number of hydrogen-bond acceptors (Lipinski definition) is 5. The van der Waals surface area contributed by atoms with Gasteiger partial charge in [0.25, 0.3) is 5.91 Å². The van der Waals surface area contributed by atoms with Crippen molar-refractivity contribution >= 4 is 34.8 Å². The minimum atomic E-state index is -4.47. The van der Waals surface area contributed by atoms with Crippen LogP contribution >= 0.6 is 11.3 Å². The number of halogens is 3. The minimum Gasteiger partial charge on any atom is -0.322 e. The van der Waals surface area contributed by atoms with E-state index in [1.165, 1.54) is 16.2 Å². The number of nitrogens with one attached hydrogen (secondary N) is 1. The highest BCUT2D eigenvalue weighted by Crippen LogP contribution is 2.35. The summed E-state index contributed by atoms with van der Waals surface area (Å²) in [6, 6.07) is 2.93. The van der Waals surface area contributed by atoms with Gasteiger partial charge in [-0.3, -0.25) is 24.5 Å². The number of imide groups is 1. The van der Waals surface area contributed by atoms with Crippen molar-refractivity contribution < 1.29 is 32.3 Å². The quantitative estimate of drug-likeness (QED) is 0.644. The molecule has 4 rings (SSSR count). The summed E-state index contributed by atoms with van der Waals surface area (Å²) in [5.41, 5.74) is 1.27. The Balaban J connectivity index is 1.40. The maximum atomic E-state index is 13.0. The number of aryl methyl sites for hydroxylation is 2. The van der Waals surface area contributed by atoms with E-state index in [0.29, 0.717) is 23.1 Å². The first-order chi connectivity index (χ1) is 15.5. The molecule has 1 aromatic carbocycles. The van der Waals surface area contributed by atoms with E-state index in [2.05, 4.69) is 5.32 Å². The first-order valence-corrected chi connectivity index (χ1v) is 11.3. The number of fused-ring (bicyclic) bond motifs is 1. The molecule has 0 bridgehead atoms. The lowest BCUT2D eigenvalue weighted by Gasteiger charge is -2.29. The predicted octanol–water partition coefficient (Wildman–Crippen LogP) is 3.58. The molecule has 33 heavy (non-hydrogen) atoms. The zero-order chi connectivity index (χ0) is 23.9.